The molecule has 4 heteroatoms. The molecule has 1 aliphatic carbocycles. The van der Waals surface area contributed by atoms with Crippen LogP contribution in [0, 0.1) is 5.92 Å². The molecule has 1 fully saturated rings. The third-order valence-electron chi connectivity index (χ3n) is 2.72. The van der Waals surface area contributed by atoms with Crippen LogP contribution in [0.3, 0.4) is 0 Å². The van der Waals surface area contributed by atoms with Crippen molar-refractivity contribution < 1.29 is 18.0 Å². The van der Waals surface area contributed by atoms with Gasteiger partial charge in [0.25, 0.3) is 0 Å². The van der Waals surface area contributed by atoms with E-state index in [-0.39, 0.29) is 17.6 Å². The van der Waals surface area contributed by atoms with Gasteiger partial charge in [0.15, 0.2) is 0 Å². The second-order valence-electron chi connectivity index (χ2n) is 3.79. The first-order chi connectivity index (χ1) is 6.91. The van der Waals surface area contributed by atoms with Crippen molar-refractivity contribution >= 4 is 5.78 Å². The largest absolute Gasteiger partial charge is 0.416 e. The van der Waals surface area contributed by atoms with Gasteiger partial charge in [-0.2, -0.15) is 13.2 Å². The zero-order chi connectivity index (χ0) is 11.2. The summed E-state index contributed by atoms with van der Waals surface area (Å²) in [6, 6.07) is 4.99. The lowest BCUT2D eigenvalue weighted by Gasteiger charge is -2.07. The summed E-state index contributed by atoms with van der Waals surface area (Å²) in [7, 11) is 0. The van der Waals surface area contributed by atoms with Crippen molar-refractivity contribution in [2.75, 3.05) is 0 Å². The third-order valence-corrected chi connectivity index (χ3v) is 2.72. The number of halogens is 3. The Balaban J connectivity index is 2.32. The fraction of sp³-hybridized carbons (Fsp3) is 0.364. The molecule has 1 nitrogen and oxygen atoms in total. The summed E-state index contributed by atoms with van der Waals surface area (Å²) in [6.45, 7) is 1.73. The van der Waals surface area contributed by atoms with Gasteiger partial charge in [0.2, 0.25) is 0 Å². The van der Waals surface area contributed by atoms with Crippen molar-refractivity contribution in [2.45, 2.75) is 19.0 Å². The summed E-state index contributed by atoms with van der Waals surface area (Å²) < 4.78 is 37.1. The minimum absolute atomic E-state index is 0.0225. The van der Waals surface area contributed by atoms with Crippen LogP contribution in [0.25, 0.3) is 0 Å². The molecule has 2 rings (SSSR count). The van der Waals surface area contributed by atoms with E-state index in [4.69, 9.17) is 0 Å². The number of hydrogen-bond acceptors (Lipinski definition) is 1. The number of ketones is 1. The Morgan fingerprint density at radius 1 is 1.27 bits per heavy atom. The van der Waals surface area contributed by atoms with E-state index < -0.39 is 11.7 Å². The highest BCUT2D eigenvalue weighted by Gasteiger charge is 2.46. The average molecular weight is 214 g/mol. The van der Waals surface area contributed by atoms with E-state index >= 15 is 0 Å². The smallest absolute Gasteiger partial charge is 0.299 e. The number of rotatable bonds is 1. The van der Waals surface area contributed by atoms with Gasteiger partial charge in [-0.25, -0.2) is 0 Å². The molecule has 2 atom stereocenters. The number of alkyl halides is 3. The van der Waals surface area contributed by atoms with Crippen LogP contribution in [0.5, 0.6) is 0 Å². The van der Waals surface area contributed by atoms with Gasteiger partial charge in [-0.3, -0.25) is 4.79 Å². The van der Waals surface area contributed by atoms with Crippen molar-refractivity contribution in [3.8, 4) is 0 Å². The molecule has 2 unspecified atom stereocenters. The van der Waals surface area contributed by atoms with E-state index in [9.17, 15) is 18.0 Å². The van der Waals surface area contributed by atoms with Crippen LogP contribution >= 0.6 is 0 Å². The molecule has 0 N–H and O–H groups in total. The summed E-state index contributed by atoms with van der Waals surface area (Å²) in [5.74, 6) is -0.435. The molecule has 0 spiro atoms. The molecule has 0 aliphatic heterocycles. The van der Waals surface area contributed by atoms with Crippen molar-refractivity contribution in [3.63, 3.8) is 0 Å². The maximum absolute atomic E-state index is 12.4. The van der Waals surface area contributed by atoms with Gasteiger partial charge in [0, 0.05) is 5.92 Å². The van der Waals surface area contributed by atoms with Crippen molar-refractivity contribution in [1.82, 2.24) is 0 Å². The summed E-state index contributed by atoms with van der Waals surface area (Å²) in [5.41, 5.74) is -0.214. The summed E-state index contributed by atoms with van der Waals surface area (Å²) >= 11 is 0. The highest BCUT2D eigenvalue weighted by atomic mass is 19.4. The molecule has 1 aliphatic rings. The fourth-order valence-electron chi connectivity index (χ4n) is 1.73. The first-order valence-corrected chi connectivity index (χ1v) is 4.62. The molecule has 1 saturated carbocycles. The van der Waals surface area contributed by atoms with Gasteiger partial charge in [0.1, 0.15) is 5.78 Å². The van der Waals surface area contributed by atoms with Crippen LogP contribution in [0.1, 0.15) is 24.0 Å². The molecule has 15 heavy (non-hydrogen) atoms. The second-order valence-corrected chi connectivity index (χ2v) is 3.79. The Morgan fingerprint density at radius 2 is 1.87 bits per heavy atom. The topological polar surface area (TPSA) is 17.1 Å². The Bertz CT molecular complexity index is 409. The lowest BCUT2D eigenvalue weighted by atomic mass is 10.1. The number of benzene rings is 1. The van der Waals surface area contributed by atoms with E-state index in [0.29, 0.717) is 5.56 Å². The van der Waals surface area contributed by atoms with Crippen LogP contribution in [-0.4, -0.2) is 5.78 Å². The number of carbonyl (C=O) groups is 1. The third kappa shape index (κ3) is 1.76. The number of carbonyl (C=O) groups excluding carboxylic acids is 1. The first-order valence-electron chi connectivity index (χ1n) is 4.62. The Kier molecular flexibility index (Phi) is 2.10. The second kappa shape index (κ2) is 3.08. The summed E-state index contributed by atoms with van der Waals surface area (Å²) in [6.07, 6.45) is -4.34. The van der Waals surface area contributed by atoms with Crippen molar-refractivity contribution in [1.29, 1.82) is 0 Å². The average Bonchev–Trinajstić information content (AvgIpc) is 2.74. The Morgan fingerprint density at radius 3 is 2.33 bits per heavy atom. The highest BCUT2D eigenvalue weighted by Crippen LogP contribution is 2.43. The normalized spacial score (nSPS) is 25.5. The van der Waals surface area contributed by atoms with E-state index in [2.05, 4.69) is 0 Å². The van der Waals surface area contributed by atoms with E-state index in [0.717, 1.165) is 12.1 Å². The van der Waals surface area contributed by atoms with E-state index in [1.165, 1.54) is 6.07 Å². The molecule has 0 amide bonds. The molecule has 0 aromatic heterocycles. The van der Waals surface area contributed by atoms with Gasteiger partial charge in [-0.15, -0.1) is 0 Å². The van der Waals surface area contributed by atoms with Crippen LogP contribution in [0.2, 0.25) is 0 Å². The van der Waals surface area contributed by atoms with Crippen LogP contribution in [-0.2, 0) is 11.0 Å². The fourth-order valence-corrected chi connectivity index (χ4v) is 1.73. The van der Waals surface area contributed by atoms with Gasteiger partial charge < -0.3 is 0 Å². The van der Waals surface area contributed by atoms with Gasteiger partial charge >= 0.3 is 6.18 Å². The Hall–Kier alpha value is -1.32. The van der Waals surface area contributed by atoms with Gasteiger partial charge in [0.05, 0.1) is 11.5 Å². The maximum Gasteiger partial charge on any atom is 0.416 e. The molecule has 1 aromatic rings. The summed E-state index contributed by atoms with van der Waals surface area (Å²) in [5, 5.41) is 0. The lowest BCUT2D eigenvalue weighted by Crippen LogP contribution is -2.05. The quantitative estimate of drug-likeness (QED) is 0.702. The van der Waals surface area contributed by atoms with Crippen molar-refractivity contribution in [2.24, 2.45) is 5.92 Å². The maximum atomic E-state index is 12.4. The van der Waals surface area contributed by atoms with Gasteiger partial charge in [-0.05, 0) is 11.6 Å². The molecule has 0 saturated heterocycles. The molecular formula is C11H9F3O. The predicted molar refractivity (Wildman–Crippen MR) is 48.4 cm³/mol. The van der Waals surface area contributed by atoms with E-state index in [1.807, 2.05) is 0 Å². The monoisotopic (exact) mass is 214 g/mol. The van der Waals surface area contributed by atoms with Crippen LogP contribution < -0.4 is 0 Å². The lowest BCUT2D eigenvalue weighted by molar-refractivity contribution is -0.137. The standard InChI is InChI=1S/C11H9F3O/c1-6-9(10(6)15)7-3-2-4-8(5-7)11(12,13)14/h2-6,9H,1H3. The molecule has 0 radical (unpaired) electrons. The molecule has 0 bridgehead atoms. The minimum atomic E-state index is -4.34. The zero-order valence-corrected chi connectivity index (χ0v) is 8.01. The van der Waals surface area contributed by atoms with Gasteiger partial charge in [-0.1, -0.05) is 25.1 Å². The minimum Gasteiger partial charge on any atom is -0.299 e. The van der Waals surface area contributed by atoms with Crippen LogP contribution in [0.4, 0.5) is 13.2 Å². The molecule has 80 valence electrons. The van der Waals surface area contributed by atoms with Crippen LogP contribution in [0.15, 0.2) is 24.3 Å². The van der Waals surface area contributed by atoms with Crippen molar-refractivity contribution in [3.05, 3.63) is 35.4 Å². The molecule has 0 heterocycles. The number of Topliss-reactive ketones (excluding diaryl/α,β-unsaturated/α-hetero) is 1. The highest BCUT2D eigenvalue weighted by molar-refractivity contribution is 6.04. The van der Waals surface area contributed by atoms with E-state index in [1.54, 1.807) is 13.0 Å². The zero-order valence-electron chi connectivity index (χ0n) is 8.01. The number of hydrogen-bond donors (Lipinski definition) is 0. The first kappa shape index (κ1) is 10.2. The summed E-state index contributed by atoms with van der Waals surface area (Å²) in [4.78, 5) is 11.1. The predicted octanol–water partition coefficient (Wildman–Crippen LogP) is 3.01. The molecule has 1 aromatic carbocycles. The Labute approximate surface area is 84.9 Å². The molecular weight excluding hydrogens is 205 g/mol. The SMILES string of the molecule is CC1C(=O)C1c1cccc(C(F)(F)F)c1.